The van der Waals surface area contributed by atoms with Crippen LogP contribution in [0.3, 0.4) is 0 Å². The third-order valence-electron chi connectivity index (χ3n) is 3.62. The van der Waals surface area contributed by atoms with E-state index < -0.39 is 18.0 Å². The van der Waals surface area contributed by atoms with Crippen molar-refractivity contribution < 1.29 is 14.0 Å². The number of fused-ring (bicyclic) bond motifs is 1. The number of nitrogens with one attached hydrogen (secondary N) is 1. The minimum atomic E-state index is -0.724. The quantitative estimate of drug-likeness (QED) is 0.892. The molecule has 6 heteroatoms. The number of amides is 3. The molecule has 22 heavy (non-hydrogen) atoms. The van der Waals surface area contributed by atoms with Crippen LogP contribution in [0, 0.1) is 5.82 Å². The van der Waals surface area contributed by atoms with Crippen molar-refractivity contribution in [2.75, 3.05) is 10.2 Å². The Bertz CT molecular complexity index is 730. The van der Waals surface area contributed by atoms with Crippen LogP contribution in [-0.4, -0.2) is 18.0 Å². The molecule has 0 saturated carbocycles. The Labute approximate surface area is 126 Å². The third kappa shape index (κ3) is 2.50. The van der Waals surface area contributed by atoms with Gasteiger partial charge in [-0.3, -0.25) is 9.69 Å². The van der Waals surface area contributed by atoms with Gasteiger partial charge in [-0.25, -0.2) is 9.18 Å². The molecule has 2 aromatic rings. The summed E-state index contributed by atoms with van der Waals surface area (Å²) >= 11 is 0. The summed E-state index contributed by atoms with van der Waals surface area (Å²) in [4.78, 5) is 25.5. The van der Waals surface area contributed by atoms with Crippen LogP contribution in [0.15, 0.2) is 48.5 Å². The first kappa shape index (κ1) is 14.1. The van der Waals surface area contributed by atoms with E-state index >= 15 is 0 Å². The molecular weight excluding hydrogens is 285 g/mol. The van der Waals surface area contributed by atoms with E-state index in [-0.39, 0.29) is 5.82 Å². The van der Waals surface area contributed by atoms with Gasteiger partial charge in [0.15, 0.2) is 0 Å². The van der Waals surface area contributed by atoms with E-state index in [0.29, 0.717) is 17.8 Å². The monoisotopic (exact) mass is 299 g/mol. The Balaban J connectivity index is 1.88. The number of para-hydroxylation sites is 1. The number of carbonyl (C=O) groups excluding carboxylic acids is 2. The molecule has 0 fully saturated rings. The van der Waals surface area contributed by atoms with Crippen molar-refractivity contribution in [1.29, 1.82) is 0 Å². The van der Waals surface area contributed by atoms with Gasteiger partial charge in [0.2, 0.25) is 5.91 Å². The molecule has 2 aromatic carbocycles. The number of anilines is 2. The summed E-state index contributed by atoms with van der Waals surface area (Å²) in [6.45, 7) is 0. The lowest BCUT2D eigenvalue weighted by atomic mass is 10.1. The molecule has 0 unspecified atom stereocenters. The van der Waals surface area contributed by atoms with Gasteiger partial charge in [0.05, 0.1) is 0 Å². The number of benzene rings is 2. The van der Waals surface area contributed by atoms with E-state index in [0.717, 1.165) is 5.56 Å². The van der Waals surface area contributed by atoms with Crippen molar-refractivity contribution in [2.45, 2.75) is 12.5 Å². The van der Waals surface area contributed by atoms with E-state index in [1.54, 1.807) is 12.1 Å². The Morgan fingerprint density at radius 2 is 1.82 bits per heavy atom. The maximum absolute atomic E-state index is 12.9. The largest absolute Gasteiger partial charge is 0.368 e. The number of primary amides is 1. The maximum atomic E-state index is 12.9. The van der Waals surface area contributed by atoms with Crippen molar-refractivity contribution in [2.24, 2.45) is 5.73 Å². The maximum Gasteiger partial charge on any atom is 0.327 e. The zero-order valence-electron chi connectivity index (χ0n) is 11.6. The molecule has 0 aliphatic carbocycles. The molecule has 1 aliphatic rings. The topological polar surface area (TPSA) is 75.4 Å². The van der Waals surface area contributed by atoms with E-state index in [1.165, 1.54) is 29.2 Å². The molecule has 0 radical (unpaired) electrons. The van der Waals surface area contributed by atoms with E-state index in [1.807, 2.05) is 12.1 Å². The van der Waals surface area contributed by atoms with Gasteiger partial charge in [-0.15, -0.1) is 0 Å². The highest BCUT2D eigenvalue weighted by Gasteiger charge is 2.37. The Kier molecular flexibility index (Phi) is 3.50. The van der Waals surface area contributed by atoms with Crippen LogP contribution in [0.2, 0.25) is 0 Å². The Morgan fingerprint density at radius 3 is 2.50 bits per heavy atom. The van der Waals surface area contributed by atoms with Crippen molar-refractivity contribution in [3.05, 3.63) is 59.9 Å². The van der Waals surface area contributed by atoms with Crippen molar-refractivity contribution in [1.82, 2.24) is 0 Å². The summed E-state index contributed by atoms with van der Waals surface area (Å²) in [6.07, 6.45) is 0.391. The predicted octanol–water partition coefficient (Wildman–Crippen LogP) is 2.27. The minimum absolute atomic E-state index is 0.389. The zero-order chi connectivity index (χ0) is 15.7. The number of hydrogen-bond acceptors (Lipinski definition) is 2. The first-order valence-corrected chi connectivity index (χ1v) is 6.79. The van der Waals surface area contributed by atoms with Gasteiger partial charge in [-0.2, -0.15) is 0 Å². The molecule has 112 valence electrons. The summed E-state index contributed by atoms with van der Waals surface area (Å²) in [7, 11) is 0. The lowest BCUT2D eigenvalue weighted by molar-refractivity contribution is -0.119. The smallest absolute Gasteiger partial charge is 0.327 e. The molecular formula is C16H14FN3O2. The zero-order valence-corrected chi connectivity index (χ0v) is 11.6. The number of carbonyl (C=O) groups is 2. The van der Waals surface area contributed by atoms with Gasteiger partial charge in [0.25, 0.3) is 0 Å². The number of nitrogens with zero attached hydrogens (tertiary/aromatic N) is 1. The lowest BCUT2D eigenvalue weighted by Crippen LogP contribution is -2.47. The summed E-state index contributed by atoms with van der Waals surface area (Å²) in [5, 5.41) is 2.65. The molecule has 1 heterocycles. The van der Waals surface area contributed by atoms with Crippen LogP contribution in [0.1, 0.15) is 5.56 Å². The number of halogens is 1. The van der Waals surface area contributed by atoms with Crippen LogP contribution in [0.4, 0.5) is 20.6 Å². The average molecular weight is 299 g/mol. The summed E-state index contributed by atoms with van der Waals surface area (Å²) < 4.78 is 12.9. The standard InChI is InChI=1S/C16H14FN3O2/c17-11-5-7-12(8-6-11)19-16(22)20-13-4-2-1-3-10(13)9-14(20)15(18)21/h1-8,14H,9H2,(H2,18,21)(H,19,22)/t14-/m1/s1. The molecule has 3 amide bonds. The van der Waals surface area contributed by atoms with Gasteiger partial charge in [0.1, 0.15) is 11.9 Å². The van der Waals surface area contributed by atoms with E-state index in [2.05, 4.69) is 5.32 Å². The van der Waals surface area contributed by atoms with Crippen molar-refractivity contribution in [3.8, 4) is 0 Å². The fourth-order valence-corrected chi connectivity index (χ4v) is 2.58. The fraction of sp³-hybridized carbons (Fsp3) is 0.125. The second kappa shape index (κ2) is 5.48. The molecule has 0 aromatic heterocycles. The molecule has 5 nitrogen and oxygen atoms in total. The molecule has 3 N–H and O–H groups in total. The van der Waals surface area contributed by atoms with Gasteiger partial charge < -0.3 is 11.1 Å². The minimum Gasteiger partial charge on any atom is -0.368 e. The highest BCUT2D eigenvalue weighted by molar-refractivity contribution is 6.08. The normalized spacial score (nSPS) is 16.2. The first-order chi connectivity index (χ1) is 10.6. The number of rotatable bonds is 2. The summed E-state index contributed by atoms with van der Waals surface area (Å²) in [6, 6.07) is 11.5. The molecule has 1 aliphatic heterocycles. The molecule has 3 rings (SSSR count). The van der Waals surface area contributed by atoms with E-state index in [4.69, 9.17) is 5.73 Å². The van der Waals surface area contributed by atoms with Gasteiger partial charge >= 0.3 is 6.03 Å². The van der Waals surface area contributed by atoms with Gasteiger partial charge in [-0.1, -0.05) is 18.2 Å². The molecule has 0 spiro atoms. The fourth-order valence-electron chi connectivity index (χ4n) is 2.58. The molecule has 0 bridgehead atoms. The molecule has 0 saturated heterocycles. The summed E-state index contributed by atoms with van der Waals surface area (Å²) in [5.41, 5.74) is 7.40. The first-order valence-electron chi connectivity index (χ1n) is 6.79. The number of nitrogens with two attached hydrogens (primary N) is 1. The van der Waals surface area contributed by atoms with Crippen molar-refractivity contribution in [3.63, 3.8) is 0 Å². The lowest BCUT2D eigenvalue weighted by Gasteiger charge is -2.23. The highest BCUT2D eigenvalue weighted by Crippen LogP contribution is 2.32. The Hall–Kier alpha value is -2.89. The molecule has 1 atom stereocenters. The van der Waals surface area contributed by atoms with Gasteiger partial charge in [-0.05, 0) is 35.9 Å². The number of hydrogen-bond donors (Lipinski definition) is 2. The van der Waals surface area contributed by atoms with Crippen molar-refractivity contribution >= 4 is 23.3 Å². The summed E-state index contributed by atoms with van der Waals surface area (Å²) in [5.74, 6) is -0.954. The number of urea groups is 1. The second-order valence-electron chi connectivity index (χ2n) is 5.06. The second-order valence-corrected chi connectivity index (χ2v) is 5.06. The Morgan fingerprint density at radius 1 is 1.14 bits per heavy atom. The highest BCUT2D eigenvalue weighted by atomic mass is 19.1. The SMILES string of the molecule is NC(=O)[C@H]1Cc2ccccc2N1C(=O)Nc1ccc(F)cc1. The van der Waals surface area contributed by atoms with E-state index in [9.17, 15) is 14.0 Å². The van der Waals surface area contributed by atoms with Crippen LogP contribution in [-0.2, 0) is 11.2 Å². The van der Waals surface area contributed by atoms with Crippen LogP contribution < -0.4 is 16.0 Å². The van der Waals surface area contributed by atoms with Crippen LogP contribution in [0.25, 0.3) is 0 Å². The predicted molar refractivity (Wildman–Crippen MR) is 81.0 cm³/mol. The average Bonchev–Trinajstić information content (AvgIpc) is 2.89. The van der Waals surface area contributed by atoms with Crippen LogP contribution in [0.5, 0.6) is 0 Å². The third-order valence-corrected chi connectivity index (χ3v) is 3.62. The van der Waals surface area contributed by atoms with Crippen LogP contribution >= 0.6 is 0 Å². The van der Waals surface area contributed by atoms with Gasteiger partial charge in [0, 0.05) is 17.8 Å².